The predicted molar refractivity (Wildman–Crippen MR) is 85.5 cm³/mol. The van der Waals surface area contributed by atoms with Crippen LogP contribution in [-0.2, 0) is 11.3 Å². The molecule has 5 nitrogen and oxygen atoms in total. The number of amides is 2. The van der Waals surface area contributed by atoms with E-state index in [-0.39, 0.29) is 31.5 Å². The first-order valence-corrected chi connectivity index (χ1v) is 8.20. The molecule has 1 aliphatic rings. The van der Waals surface area contributed by atoms with Crippen LogP contribution in [0.25, 0.3) is 0 Å². The summed E-state index contributed by atoms with van der Waals surface area (Å²) in [6, 6.07) is 5.12. The average Bonchev–Trinajstić information content (AvgIpc) is 3.17. The summed E-state index contributed by atoms with van der Waals surface area (Å²) in [5, 5.41) is 2.77. The highest BCUT2D eigenvalue weighted by molar-refractivity contribution is 5.94. The van der Waals surface area contributed by atoms with Crippen molar-refractivity contribution in [3.8, 4) is 0 Å². The van der Waals surface area contributed by atoms with Crippen LogP contribution in [0.2, 0.25) is 0 Å². The fourth-order valence-corrected chi connectivity index (χ4v) is 2.94. The molecular formula is C18H17F3N2O3. The molecule has 1 saturated heterocycles. The first-order valence-electron chi connectivity index (χ1n) is 8.20. The minimum Gasteiger partial charge on any atom is -0.467 e. The number of nitrogens with zero attached hydrogens (tertiary/aromatic N) is 1. The van der Waals surface area contributed by atoms with Crippen molar-refractivity contribution in [1.82, 2.24) is 10.2 Å². The van der Waals surface area contributed by atoms with Gasteiger partial charge in [0.25, 0.3) is 5.91 Å². The lowest BCUT2D eigenvalue weighted by molar-refractivity contribution is -0.126. The van der Waals surface area contributed by atoms with Crippen molar-refractivity contribution in [1.29, 1.82) is 0 Å². The van der Waals surface area contributed by atoms with Gasteiger partial charge in [-0.15, -0.1) is 0 Å². The van der Waals surface area contributed by atoms with Crippen molar-refractivity contribution in [3.05, 3.63) is 59.3 Å². The molecule has 1 aliphatic heterocycles. The molecule has 3 rings (SSSR count). The van der Waals surface area contributed by atoms with Crippen molar-refractivity contribution in [2.45, 2.75) is 19.4 Å². The molecule has 0 bridgehead atoms. The van der Waals surface area contributed by atoms with Crippen LogP contribution >= 0.6 is 0 Å². The van der Waals surface area contributed by atoms with Gasteiger partial charge in [0.1, 0.15) is 5.76 Å². The third-order valence-corrected chi connectivity index (χ3v) is 4.44. The molecule has 0 spiro atoms. The standard InChI is InChI=1S/C18H17F3N2O3/c19-14-4-3-13(15(20)16(14)21)18(25)23-7-5-11(6-8-23)17(24)22-10-12-2-1-9-26-12/h1-4,9,11H,5-8,10H2,(H,22,24). The number of hydrogen-bond donors (Lipinski definition) is 1. The monoisotopic (exact) mass is 366 g/mol. The summed E-state index contributed by atoms with van der Waals surface area (Å²) in [6.45, 7) is 0.747. The molecule has 26 heavy (non-hydrogen) atoms. The molecule has 0 saturated carbocycles. The molecule has 1 aromatic heterocycles. The number of halogens is 3. The zero-order valence-corrected chi connectivity index (χ0v) is 13.8. The van der Waals surface area contributed by atoms with Crippen LogP contribution in [0.3, 0.4) is 0 Å². The Labute approximate surface area is 147 Å². The van der Waals surface area contributed by atoms with Crippen LogP contribution in [0.1, 0.15) is 29.0 Å². The number of benzene rings is 1. The average molecular weight is 366 g/mol. The smallest absolute Gasteiger partial charge is 0.256 e. The largest absolute Gasteiger partial charge is 0.467 e. The lowest BCUT2D eigenvalue weighted by atomic mass is 9.95. The quantitative estimate of drug-likeness (QED) is 0.847. The summed E-state index contributed by atoms with van der Waals surface area (Å²) >= 11 is 0. The summed E-state index contributed by atoms with van der Waals surface area (Å²) in [6.07, 6.45) is 2.32. The van der Waals surface area contributed by atoms with E-state index in [1.165, 1.54) is 11.2 Å². The Kier molecular flexibility index (Phi) is 5.29. The molecule has 2 aromatic rings. The van der Waals surface area contributed by atoms with E-state index in [1.807, 2.05) is 0 Å². The number of carbonyl (C=O) groups is 2. The topological polar surface area (TPSA) is 62.6 Å². The van der Waals surface area contributed by atoms with Gasteiger partial charge in [-0.1, -0.05) is 0 Å². The third-order valence-electron chi connectivity index (χ3n) is 4.44. The van der Waals surface area contributed by atoms with E-state index in [2.05, 4.69) is 5.32 Å². The maximum Gasteiger partial charge on any atom is 0.256 e. The maximum absolute atomic E-state index is 13.8. The van der Waals surface area contributed by atoms with Crippen molar-refractivity contribution >= 4 is 11.8 Å². The molecule has 2 amide bonds. The molecule has 0 unspecified atom stereocenters. The van der Waals surface area contributed by atoms with E-state index in [1.54, 1.807) is 12.1 Å². The zero-order valence-electron chi connectivity index (χ0n) is 13.8. The first-order chi connectivity index (χ1) is 12.5. The molecule has 0 atom stereocenters. The Morgan fingerprint density at radius 3 is 2.50 bits per heavy atom. The van der Waals surface area contributed by atoms with Crippen LogP contribution in [0, 0.1) is 23.4 Å². The van der Waals surface area contributed by atoms with Crippen molar-refractivity contribution < 1.29 is 27.2 Å². The van der Waals surface area contributed by atoms with Gasteiger partial charge in [0.15, 0.2) is 17.5 Å². The van der Waals surface area contributed by atoms with Gasteiger partial charge < -0.3 is 14.6 Å². The molecule has 1 N–H and O–H groups in total. The normalized spacial score (nSPS) is 15.1. The number of piperidine rings is 1. The summed E-state index contributed by atoms with van der Waals surface area (Å²) in [5.74, 6) is -4.99. The molecule has 1 fully saturated rings. The van der Waals surface area contributed by atoms with Crippen molar-refractivity contribution in [2.75, 3.05) is 13.1 Å². The lowest BCUT2D eigenvalue weighted by Crippen LogP contribution is -2.43. The van der Waals surface area contributed by atoms with E-state index >= 15 is 0 Å². The summed E-state index contributed by atoms with van der Waals surface area (Å²) in [4.78, 5) is 25.8. The van der Waals surface area contributed by atoms with Crippen molar-refractivity contribution in [2.24, 2.45) is 5.92 Å². The number of nitrogens with one attached hydrogen (secondary N) is 1. The van der Waals surface area contributed by atoms with Gasteiger partial charge in [-0.25, -0.2) is 13.2 Å². The lowest BCUT2D eigenvalue weighted by Gasteiger charge is -2.31. The highest BCUT2D eigenvalue weighted by Gasteiger charge is 2.29. The zero-order chi connectivity index (χ0) is 18.7. The molecule has 138 valence electrons. The third kappa shape index (κ3) is 3.74. The molecular weight excluding hydrogens is 349 g/mol. The SMILES string of the molecule is O=C(NCc1ccco1)C1CCN(C(=O)c2ccc(F)c(F)c2F)CC1. The first kappa shape index (κ1) is 18.0. The van der Waals surface area contributed by atoms with Crippen LogP contribution in [0.5, 0.6) is 0 Å². The van der Waals surface area contributed by atoms with E-state index < -0.39 is 28.9 Å². The van der Waals surface area contributed by atoms with Crippen LogP contribution < -0.4 is 5.32 Å². The van der Waals surface area contributed by atoms with E-state index in [4.69, 9.17) is 4.42 Å². The summed E-state index contributed by atoms with van der Waals surface area (Å²) in [7, 11) is 0. The van der Waals surface area contributed by atoms with Crippen molar-refractivity contribution in [3.63, 3.8) is 0 Å². The van der Waals surface area contributed by atoms with Gasteiger partial charge in [-0.3, -0.25) is 9.59 Å². The van der Waals surface area contributed by atoms with Gasteiger partial charge in [0, 0.05) is 19.0 Å². The fourth-order valence-electron chi connectivity index (χ4n) is 2.94. The van der Waals surface area contributed by atoms with Gasteiger partial charge in [-0.05, 0) is 37.1 Å². The van der Waals surface area contributed by atoms with Crippen LogP contribution in [0.4, 0.5) is 13.2 Å². The Morgan fingerprint density at radius 2 is 1.85 bits per heavy atom. The minimum absolute atomic E-state index is 0.146. The number of hydrogen-bond acceptors (Lipinski definition) is 3. The second kappa shape index (κ2) is 7.63. The molecule has 8 heteroatoms. The Hall–Kier alpha value is -2.77. The number of carbonyl (C=O) groups excluding carboxylic acids is 2. The highest BCUT2D eigenvalue weighted by atomic mass is 19.2. The Balaban J connectivity index is 1.55. The summed E-state index contributed by atoms with van der Waals surface area (Å²) in [5.41, 5.74) is -0.510. The second-order valence-electron chi connectivity index (χ2n) is 6.09. The maximum atomic E-state index is 13.8. The fraction of sp³-hybridized carbons (Fsp3) is 0.333. The van der Waals surface area contributed by atoms with E-state index in [9.17, 15) is 22.8 Å². The van der Waals surface area contributed by atoms with Gasteiger partial charge >= 0.3 is 0 Å². The molecule has 0 aliphatic carbocycles. The molecule has 1 aromatic carbocycles. The molecule has 2 heterocycles. The summed E-state index contributed by atoms with van der Waals surface area (Å²) < 4.78 is 45.2. The second-order valence-corrected chi connectivity index (χ2v) is 6.09. The number of furan rings is 1. The Morgan fingerprint density at radius 1 is 1.12 bits per heavy atom. The van der Waals surface area contributed by atoms with Gasteiger partial charge in [0.2, 0.25) is 5.91 Å². The van der Waals surface area contributed by atoms with Gasteiger partial charge in [-0.2, -0.15) is 0 Å². The number of rotatable bonds is 4. The van der Waals surface area contributed by atoms with Crippen LogP contribution in [0.15, 0.2) is 34.9 Å². The van der Waals surface area contributed by atoms with Gasteiger partial charge in [0.05, 0.1) is 18.4 Å². The number of likely N-dealkylation sites (tertiary alicyclic amines) is 1. The molecule has 0 radical (unpaired) electrons. The Bertz CT molecular complexity index is 800. The van der Waals surface area contributed by atoms with E-state index in [0.29, 0.717) is 18.6 Å². The van der Waals surface area contributed by atoms with Crippen LogP contribution in [-0.4, -0.2) is 29.8 Å². The van der Waals surface area contributed by atoms with E-state index in [0.717, 1.165) is 12.1 Å². The predicted octanol–water partition coefficient (Wildman–Crippen LogP) is 2.87. The highest BCUT2D eigenvalue weighted by Crippen LogP contribution is 2.22. The minimum atomic E-state index is -1.66.